The monoisotopic (exact) mass is 427 g/mol. The third-order valence-corrected chi connectivity index (χ3v) is 5.03. The molecule has 1 saturated carbocycles. The van der Waals surface area contributed by atoms with Crippen LogP contribution in [-0.2, 0) is 6.18 Å². The molecule has 2 unspecified atom stereocenters. The number of halogens is 5. The van der Waals surface area contributed by atoms with Crippen LogP contribution in [-0.4, -0.2) is 17.3 Å². The minimum atomic E-state index is -4.55. The Kier molecular flexibility index (Phi) is 5.35. The molecule has 1 aliphatic rings. The van der Waals surface area contributed by atoms with Crippen LogP contribution in [0.5, 0.6) is 0 Å². The first-order valence-electron chi connectivity index (χ1n) is 6.56. The highest BCUT2D eigenvalue weighted by atomic mass is 79.9. The van der Waals surface area contributed by atoms with Crippen molar-refractivity contribution in [2.75, 3.05) is 5.33 Å². The summed E-state index contributed by atoms with van der Waals surface area (Å²) in [6, 6.07) is 3.52. The van der Waals surface area contributed by atoms with Gasteiger partial charge in [0.1, 0.15) is 0 Å². The zero-order valence-electron chi connectivity index (χ0n) is 11.0. The molecule has 1 amide bonds. The number of alkyl halides is 4. The predicted molar refractivity (Wildman–Crippen MR) is 81.5 cm³/mol. The first kappa shape index (κ1) is 16.8. The molecule has 21 heavy (non-hydrogen) atoms. The molecule has 2 nitrogen and oxygen atoms in total. The Balaban J connectivity index is 2.23. The number of benzene rings is 1. The van der Waals surface area contributed by atoms with Crippen LogP contribution in [0.25, 0.3) is 0 Å². The van der Waals surface area contributed by atoms with Crippen LogP contribution in [0.3, 0.4) is 0 Å². The average molecular weight is 429 g/mol. The van der Waals surface area contributed by atoms with Crippen molar-refractivity contribution in [1.82, 2.24) is 5.32 Å². The summed E-state index contributed by atoms with van der Waals surface area (Å²) >= 11 is 6.39. The Bertz CT molecular complexity index is 533. The number of nitrogens with one attached hydrogen (secondary N) is 1. The Morgan fingerprint density at radius 1 is 1.33 bits per heavy atom. The van der Waals surface area contributed by atoms with E-state index in [0.717, 1.165) is 30.7 Å². The number of carbonyl (C=O) groups excluding carboxylic acids is 1. The molecular formula is C14H14Br2F3NO. The van der Waals surface area contributed by atoms with Crippen molar-refractivity contribution >= 4 is 37.8 Å². The van der Waals surface area contributed by atoms with Gasteiger partial charge in [0.15, 0.2) is 0 Å². The van der Waals surface area contributed by atoms with Gasteiger partial charge in [0, 0.05) is 15.8 Å². The van der Waals surface area contributed by atoms with Crippen LogP contribution in [0, 0.1) is 5.92 Å². The number of hydrogen-bond acceptors (Lipinski definition) is 1. The lowest BCUT2D eigenvalue weighted by Gasteiger charge is -2.20. The van der Waals surface area contributed by atoms with E-state index in [2.05, 4.69) is 37.2 Å². The number of amides is 1. The maximum absolute atomic E-state index is 13.0. The fourth-order valence-corrected chi connectivity index (χ4v) is 3.74. The quantitative estimate of drug-likeness (QED) is 0.691. The van der Waals surface area contributed by atoms with E-state index in [4.69, 9.17) is 0 Å². The van der Waals surface area contributed by atoms with E-state index in [1.807, 2.05) is 0 Å². The number of hydrogen-bond donors (Lipinski definition) is 1. The van der Waals surface area contributed by atoms with Crippen molar-refractivity contribution in [2.45, 2.75) is 31.5 Å². The zero-order valence-corrected chi connectivity index (χ0v) is 14.2. The van der Waals surface area contributed by atoms with Gasteiger partial charge in [0.05, 0.1) is 11.1 Å². The molecule has 0 aliphatic heterocycles. The van der Waals surface area contributed by atoms with E-state index in [-0.39, 0.29) is 17.5 Å². The molecule has 0 bridgehead atoms. The van der Waals surface area contributed by atoms with Crippen molar-refractivity contribution < 1.29 is 18.0 Å². The highest BCUT2D eigenvalue weighted by Crippen LogP contribution is 2.34. The fourth-order valence-electron chi connectivity index (χ4n) is 2.61. The van der Waals surface area contributed by atoms with Gasteiger partial charge in [0.25, 0.3) is 5.91 Å². The number of rotatable bonds is 3. The van der Waals surface area contributed by atoms with Crippen molar-refractivity contribution in [3.05, 3.63) is 33.8 Å². The Morgan fingerprint density at radius 2 is 2.05 bits per heavy atom. The van der Waals surface area contributed by atoms with Crippen molar-refractivity contribution in [1.29, 1.82) is 0 Å². The van der Waals surface area contributed by atoms with Gasteiger partial charge in [0.2, 0.25) is 0 Å². The van der Waals surface area contributed by atoms with Crippen LogP contribution in [0.4, 0.5) is 13.2 Å². The second kappa shape index (κ2) is 6.69. The SMILES string of the molecule is O=C(NC1CCCC1CBr)c1ccc(Br)cc1C(F)(F)F. The normalized spacial score (nSPS) is 22.3. The second-order valence-electron chi connectivity index (χ2n) is 5.11. The van der Waals surface area contributed by atoms with Gasteiger partial charge in [-0.05, 0) is 37.0 Å². The van der Waals surface area contributed by atoms with Gasteiger partial charge in [-0.3, -0.25) is 4.79 Å². The summed E-state index contributed by atoms with van der Waals surface area (Å²) in [5.41, 5.74) is -1.24. The largest absolute Gasteiger partial charge is 0.417 e. The van der Waals surface area contributed by atoms with Crippen LogP contribution in [0.2, 0.25) is 0 Å². The van der Waals surface area contributed by atoms with Crippen LogP contribution >= 0.6 is 31.9 Å². The first-order valence-corrected chi connectivity index (χ1v) is 8.48. The Labute approximate surface area is 137 Å². The van der Waals surface area contributed by atoms with E-state index in [1.54, 1.807) is 0 Å². The summed E-state index contributed by atoms with van der Waals surface area (Å²) < 4.78 is 39.4. The molecule has 2 atom stereocenters. The highest BCUT2D eigenvalue weighted by Gasteiger charge is 2.36. The predicted octanol–water partition coefficient (Wildman–Crippen LogP) is 4.76. The lowest BCUT2D eigenvalue weighted by molar-refractivity contribution is -0.138. The molecule has 0 aromatic heterocycles. The van der Waals surface area contributed by atoms with Crippen molar-refractivity contribution in [3.63, 3.8) is 0 Å². The van der Waals surface area contributed by atoms with E-state index >= 15 is 0 Å². The molecule has 7 heteroatoms. The third kappa shape index (κ3) is 4.00. The lowest BCUT2D eigenvalue weighted by atomic mass is 10.0. The maximum atomic E-state index is 13.0. The van der Waals surface area contributed by atoms with Crippen LogP contribution in [0.15, 0.2) is 22.7 Å². The van der Waals surface area contributed by atoms with Crippen LogP contribution in [0.1, 0.15) is 35.2 Å². The Hall–Kier alpha value is -0.560. The van der Waals surface area contributed by atoms with Crippen molar-refractivity contribution in [3.8, 4) is 0 Å². The summed E-state index contributed by atoms with van der Waals surface area (Å²) in [7, 11) is 0. The molecule has 1 aliphatic carbocycles. The summed E-state index contributed by atoms with van der Waals surface area (Å²) in [6.07, 6.45) is -1.79. The van der Waals surface area contributed by atoms with Gasteiger partial charge < -0.3 is 5.32 Å². The average Bonchev–Trinajstić information content (AvgIpc) is 2.84. The van der Waals surface area contributed by atoms with Crippen molar-refractivity contribution in [2.24, 2.45) is 5.92 Å². The molecule has 1 aromatic carbocycles. The molecule has 1 N–H and O–H groups in total. The van der Waals surface area contributed by atoms with Gasteiger partial charge in [-0.2, -0.15) is 13.2 Å². The molecule has 0 radical (unpaired) electrons. The fraction of sp³-hybridized carbons (Fsp3) is 0.500. The molecule has 2 rings (SSSR count). The minimum Gasteiger partial charge on any atom is -0.349 e. The summed E-state index contributed by atoms with van der Waals surface area (Å²) in [5, 5.41) is 3.48. The van der Waals surface area contributed by atoms with E-state index in [9.17, 15) is 18.0 Å². The lowest BCUT2D eigenvalue weighted by Crippen LogP contribution is -2.38. The van der Waals surface area contributed by atoms with E-state index in [1.165, 1.54) is 12.1 Å². The van der Waals surface area contributed by atoms with Crippen LogP contribution < -0.4 is 5.32 Å². The summed E-state index contributed by atoms with van der Waals surface area (Å²) in [4.78, 5) is 12.2. The highest BCUT2D eigenvalue weighted by molar-refractivity contribution is 9.10. The topological polar surface area (TPSA) is 29.1 Å². The molecule has 1 fully saturated rings. The maximum Gasteiger partial charge on any atom is 0.417 e. The number of carbonyl (C=O) groups is 1. The zero-order chi connectivity index (χ0) is 15.6. The first-order chi connectivity index (χ1) is 9.82. The van der Waals surface area contributed by atoms with Gasteiger partial charge in [-0.15, -0.1) is 0 Å². The molecule has 0 saturated heterocycles. The third-order valence-electron chi connectivity index (χ3n) is 3.71. The molecule has 0 heterocycles. The van der Waals surface area contributed by atoms with Gasteiger partial charge in [-0.25, -0.2) is 0 Å². The minimum absolute atomic E-state index is 0.0680. The Morgan fingerprint density at radius 3 is 2.67 bits per heavy atom. The molecule has 0 spiro atoms. The van der Waals surface area contributed by atoms with E-state index in [0.29, 0.717) is 4.47 Å². The van der Waals surface area contributed by atoms with E-state index < -0.39 is 17.6 Å². The summed E-state index contributed by atoms with van der Waals surface area (Å²) in [6.45, 7) is 0. The molecular weight excluding hydrogens is 415 g/mol. The van der Waals surface area contributed by atoms with Gasteiger partial charge in [-0.1, -0.05) is 38.3 Å². The second-order valence-corrected chi connectivity index (χ2v) is 6.68. The molecule has 1 aromatic rings. The molecule has 116 valence electrons. The standard InChI is InChI=1S/C14H14Br2F3NO/c15-7-8-2-1-3-12(8)20-13(21)10-5-4-9(16)6-11(10)14(17,18)19/h4-6,8,12H,1-3,7H2,(H,20,21). The summed E-state index contributed by atoms with van der Waals surface area (Å²) in [5.74, 6) is -0.383. The smallest absolute Gasteiger partial charge is 0.349 e. The van der Waals surface area contributed by atoms with Gasteiger partial charge >= 0.3 is 6.18 Å².